The largest absolute Gasteiger partial charge is 0.467 e. The molecule has 0 saturated heterocycles. The molecule has 1 heterocycles. The predicted molar refractivity (Wildman–Crippen MR) is 89.7 cm³/mol. The summed E-state index contributed by atoms with van der Waals surface area (Å²) < 4.78 is 4.66. The number of ether oxygens (including phenoxy) is 1. The van der Waals surface area contributed by atoms with E-state index < -0.39 is 35.8 Å². The molecule has 3 amide bonds. The normalized spacial score (nSPS) is 17.7. The number of methoxy groups -OCH3 is 1. The number of hydrogen-bond acceptors (Lipinski definition) is 5. The zero-order valence-electron chi connectivity index (χ0n) is 14.3. The summed E-state index contributed by atoms with van der Waals surface area (Å²) in [7, 11) is 1.24. The fourth-order valence-corrected chi connectivity index (χ4v) is 2.50. The monoisotopic (exact) mass is 347 g/mol. The van der Waals surface area contributed by atoms with Gasteiger partial charge >= 0.3 is 5.97 Å². The van der Waals surface area contributed by atoms with E-state index in [4.69, 9.17) is 0 Å². The molecule has 0 spiro atoms. The molecule has 134 valence electrons. The second-order valence-corrected chi connectivity index (χ2v) is 6.08. The van der Waals surface area contributed by atoms with Crippen molar-refractivity contribution in [3.63, 3.8) is 0 Å². The third kappa shape index (κ3) is 4.34. The lowest BCUT2D eigenvalue weighted by atomic mass is 10.0. The van der Waals surface area contributed by atoms with Gasteiger partial charge in [0.1, 0.15) is 12.1 Å². The van der Waals surface area contributed by atoms with Crippen LogP contribution in [0.25, 0.3) is 0 Å². The van der Waals surface area contributed by atoms with Crippen molar-refractivity contribution >= 4 is 29.4 Å². The second-order valence-electron chi connectivity index (χ2n) is 6.08. The zero-order chi connectivity index (χ0) is 18.6. The quantitative estimate of drug-likeness (QED) is 0.669. The molecule has 2 atom stereocenters. The number of rotatable bonds is 5. The highest BCUT2D eigenvalue weighted by Gasteiger charge is 2.31. The molecule has 1 aliphatic rings. The molecule has 0 radical (unpaired) electrons. The number of hydrogen-bond donors (Lipinski definition) is 3. The van der Waals surface area contributed by atoms with Gasteiger partial charge < -0.3 is 20.7 Å². The lowest BCUT2D eigenvalue weighted by Crippen LogP contribution is -2.49. The summed E-state index contributed by atoms with van der Waals surface area (Å²) in [5.41, 5.74) is 0.718. The minimum atomic E-state index is -1.04. The Morgan fingerprint density at radius 1 is 1.24 bits per heavy atom. The fraction of sp³-hybridized carbons (Fsp3) is 0.412. The van der Waals surface area contributed by atoms with Gasteiger partial charge in [-0.15, -0.1) is 0 Å². The summed E-state index contributed by atoms with van der Waals surface area (Å²) >= 11 is 0. The molecule has 0 fully saturated rings. The summed E-state index contributed by atoms with van der Waals surface area (Å²) in [5.74, 6) is -2.22. The SMILES string of the molecule is COC(=O)[C@@H](NC(=O)C[C@H]1NC(=O)c2ccccc2NC1=O)C(C)C. The number of esters is 1. The fourth-order valence-electron chi connectivity index (χ4n) is 2.50. The van der Waals surface area contributed by atoms with E-state index in [-0.39, 0.29) is 12.3 Å². The number of amides is 3. The Morgan fingerprint density at radius 2 is 1.92 bits per heavy atom. The Morgan fingerprint density at radius 3 is 2.56 bits per heavy atom. The topological polar surface area (TPSA) is 114 Å². The molecular formula is C17H21N3O5. The number of para-hydroxylation sites is 1. The molecule has 0 aliphatic carbocycles. The van der Waals surface area contributed by atoms with Crippen LogP contribution in [0, 0.1) is 5.92 Å². The van der Waals surface area contributed by atoms with Crippen LogP contribution in [0.4, 0.5) is 5.69 Å². The Balaban J connectivity index is 2.07. The number of carbonyl (C=O) groups is 4. The first-order valence-corrected chi connectivity index (χ1v) is 7.91. The predicted octanol–water partition coefficient (Wildman–Crippen LogP) is 0.441. The zero-order valence-corrected chi connectivity index (χ0v) is 14.3. The van der Waals surface area contributed by atoms with Crippen LogP contribution >= 0.6 is 0 Å². The molecule has 25 heavy (non-hydrogen) atoms. The average Bonchev–Trinajstić information content (AvgIpc) is 2.69. The maximum absolute atomic E-state index is 12.3. The third-order valence-corrected chi connectivity index (χ3v) is 3.88. The van der Waals surface area contributed by atoms with Gasteiger partial charge in [-0.25, -0.2) is 4.79 Å². The van der Waals surface area contributed by atoms with Crippen molar-refractivity contribution < 1.29 is 23.9 Å². The molecule has 0 aromatic heterocycles. The van der Waals surface area contributed by atoms with Crippen molar-refractivity contribution in [3.05, 3.63) is 29.8 Å². The number of carbonyl (C=O) groups excluding carboxylic acids is 4. The molecule has 0 bridgehead atoms. The van der Waals surface area contributed by atoms with Gasteiger partial charge in [0, 0.05) is 0 Å². The average molecular weight is 347 g/mol. The summed E-state index contributed by atoms with van der Waals surface area (Å²) in [6, 6.07) is 4.72. The van der Waals surface area contributed by atoms with Crippen LogP contribution in [0.15, 0.2) is 24.3 Å². The Hall–Kier alpha value is -2.90. The van der Waals surface area contributed by atoms with Gasteiger partial charge in [-0.3, -0.25) is 14.4 Å². The molecule has 8 heteroatoms. The van der Waals surface area contributed by atoms with Gasteiger partial charge in [0.05, 0.1) is 24.8 Å². The van der Waals surface area contributed by atoms with Gasteiger partial charge in [0.15, 0.2) is 0 Å². The van der Waals surface area contributed by atoms with Gasteiger partial charge in [-0.2, -0.15) is 0 Å². The van der Waals surface area contributed by atoms with E-state index in [9.17, 15) is 19.2 Å². The van der Waals surface area contributed by atoms with Crippen LogP contribution in [0.5, 0.6) is 0 Å². The van der Waals surface area contributed by atoms with E-state index in [2.05, 4.69) is 20.7 Å². The minimum absolute atomic E-state index is 0.182. The molecule has 0 saturated carbocycles. The molecule has 1 aliphatic heterocycles. The van der Waals surface area contributed by atoms with Crippen LogP contribution in [0.1, 0.15) is 30.6 Å². The highest BCUT2D eigenvalue weighted by atomic mass is 16.5. The Kier molecular flexibility index (Phi) is 5.74. The highest BCUT2D eigenvalue weighted by Crippen LogP contribution is 2.18. The number of nitrogens with one attached hydrogen (secondary N) is 3. The molecule has 0 unspecified atom stereocenters. The number of benzene rings is 1. The lowest BCUT2D eigenvalue weighted by Gasteiger charge is -2.21. The first kappa shape index (κ1) is 18.4. The van der Waals surface area contributed by atoms with Crippen molar-refractivity contribution in [1.29, 1.82) is 0 Å². The Labute approximate surface area is 145 Å². The molecule has 3 N–H and O–H groups in total. The maximum Gasteiger partial charge on any atom is 0.328 e. The number of fused-ring (bicyclic) bond motifs is 1. The highest BCUT2D eigenvalue weighted by molar-refractivity contribution is 6.10. The van der Waals surface area contributed by atoms with Crippen LogP contribution in [0.3, 0.4) is 0 Å². The van der Waals surface area contributed by atoms with Crippen LogP contribution in [-0.4, -0.2) is 42.9 Å². The lowest BCUT2D eigenvalue weighted by molar-refractivity contribution is -0.146. The van der Waals surface area contributed by atoms with Crippen LogP contribution in [-0.2, 0) is 19.1 Å². The van der Waals surface area contributed by atoms with E-state index in [0.717, 1.165) is 0 Å². The van der Waals surface area contributed by atoms with Crippen molar-refractivity contribution in [2.24, 2.45) is 5.92 Å². The van der Waals surface area contributed by atoms with Crippen molar-refractivity contribution in [3.8, 4) is 0 Å². The van der Waals surface area contributed by atoms with E-state index in [1.165, 1.54) is 7.11 Å². The second kappa shape index (κ2) is 7.78. The van der Waals surface area contributed by atoms with E-state index >= 15 is 0 Å². The summed E-state index contributed by atoms with van der Waals surface area (Å²) in [5, 5.41) is 7.70. The van der Waals surface area contributed by atoms with Gasteiger partial charge in [0.25, 0.3) is 5.91 Å². The van der Waals surface area contributed by atoms with Crippen molar-refractivity contribution in [2.45, 2.75) is 32.4 Å². The molecule has 1 aromatic carbocycles. The molecule has 1 aromatic rings. The Bertz CT molecular complexity index is 701. The third-order valence-electron chi connectivity index (χ3n) is 3.88. The van der Waals surface area contributed by atoms with E-state index in [1.54, 1.807) is 38.1 Å². The molecule has 2 rings (SSSR count). The van der Waals surface area contributed by atoms with E-state index in [0.29, 0.717) is 11.3 Å². The smallest absolute Gasteiger partial charge is 0.328 e. The van der Waals surface area contributed by atoms with Gasteiger partial charge in [-0.1, -0.05) is 26.0 Å². The number of anilines is 1. The minimum Gasteiger partial charge on any atom is -0.467 e. The molecule has 8 nitrogen and oxygen atoms in total. The molecular weight excluding hydrogens is 326 g/mol. The van der Waals surface area contributed by atoms with Gasteiger partial charge in [-0.05, 0) is 18.1 Å². The first-order valence-electron chi connectivity index (χ1n) is 7.91. The van der Waals surface area contributed by atoms with Gasteiger partial charge in [0.2, 0.25) is 11.8 Å². The summed E-state index contributed by atoms with van der Waals surface area (Å²) in [6.07, 6.45) is -0.286. The van der Waals surface area contributed by atoms with Crippen LogP contribution in [0.2, 0.25) is 0 Å². The standard InChI is InChI=1S/C17H21N3O5/c1-9(2)14(17(24)25-3)20-13(21)8-12-16(23)18-11-7-5-4-6-10(11)15(22)19-12/h4-7,9,12,14H,8H2,1-3H3,(H,18,23)(H,19,22)(H,20,21)/t12-,14+/m1/s1. The summed E-state index contributed by atoms with van der Waals surface area (Å²) in [6.45, 7) is 3.53. The van der Waals surface area contributed by atoms with Crippen molar-refractivity contribution in [1.82, 2.24) is 10.6 Å². The maximum atomic E-state index is 12.3. The van der Waals surface area contributed by atoms with Crippen molar-refractivity contribution in [2.75, 3.05) is 12.4 Å². The summed E-state index contributed by atoms with van der Waals surface area (Å²) in [4.78, 5) is 48.4. The van der Waals surface area contributed by atoms with Crippen LogP contribution < -0.4 is 16.0 Å². The first-order chi connectivity index (χ1) is 11.8. The van der Waals surface area contributed by atoms with E-state index in [1.807, 2.05) is 0 Å².